The highest BCUT2D eigenvalue weighted by Crippen LogP contribution is 2.45. The Bertz CT molecular complexity index is 5810. The molecule has 7 aromatic carbocycles. The topological polar surface area (TPSA) is 303 Å². The largest absolute Gasteiger partial charge is 0.497 e. The predicted molar refractivity (Wildman–Crippen MR) is 433 cm³/mol. The van der Waals surface area contributed by atoms with Crippen LogP contribution in [0.5, 0.6) is 28.7 Å². The van der Waals surface area contributed by atoms with Crippen LogP contribution in [0.25, 0.3) is 66.8 Å². The number of methoxy groups -OCH3 is 3. The van der Waals surface area contributed by atoms with Gasteiger partial charge in [-0.05, 0) is 161 Å². The number of esters is 1. The fraction of sp³-hybridized carbons (Fsp3) is 0.195. The molecule has 3 N–H and O–H groups in total. The molecule has 7 aromatic rings. The zero-order valence-electron chi connectivity index (χ0n) is 62.0. The molecule has 6 atom stereocenters. The van der Waals surface area contributed by atoms with E-state index in [9.17, 15) is 51.9 Å². The van der Waals surface area contributed by atoms with Gasteiger partial charge in [0.25, 0.3) is 11.8 Å². The number of fused-ring (bicyclic) bond motifs is 6. The van der Waals surface area contributed by atoms with Crippen LogP contribution in [-0.2, 0) is 74.6 Å². The molecular formula is C87H74Cl2N4O19S2. The van der Waals surface area contributed by atoms with E-state index in [0.29, 0.717) is 51.1 Å². The maximum Gasteiger partial charge on any atom is 0.355 e. The maximum absolute atomic E-state index is 13.8. The molecule has 6 heterocycles. The van der Waals surface area contributed by atoms with Crippen molar-refractivity contribution in [1.82, 2.24) is 20.4 Å². The molecule has 0 bridgehead atoms. The lowest BCUT2D eigenvalue weighted by molar-refractivity contribution is -0.153. The van der Waals surface area contributed by atoms with E-state index < -0.39 is 80.0 Å². The van der Waals surface area contributed by atoms with E-state index in [4.69, 9.17) is 60.5 Å². The van der Waals surface area contributed by atoms with Crippen molar-refractivity contribution in [2.75, 3.05) is 51.4 Å². The zero-order chi connectivity index (χ0) is 80.4. The highest BCUT2D eigenvalue weighted by Gasteiger charge is 2.58. The molecule has 2 fully saturated rings. The number of amides is 4. The molecular weight excluding hydrogens is 1540 g/mol. The summed E-state index contributed by atoms with van der Waals surface area (Å²) in [7, 11) is 1.45. The summed E-state index contributed by atoms with van der Waals surface area (Å²) in [5, 5.41) is 15.3. The third-order valence-corrected chi connectivity index (χ3v) is 22.6. The number of aliphatic carboxylic acids is 1. The number of carbonyl (C=O) groups excluding carboxylic acids is 5. The quantitative estimate of drug-likeness (QED) is 0.0232. The number of carbonyl (C=O) groups is 6. The van der Waals surface area contributed by atoms with Crippen LogP contribution < -0.4 is 45.2 Å². The van der Waals surface area contributed by atoms with Crippen molar-refractivity contribution < 1.29 is 79.5 Å². The fourth-order valence-corrected chi connectivity index (χ4v) is 17.3. The number of rotatable bonds is 23. The summed E-state index contributed by atoms with van der Waals surface area (Å²) < 4.78 is 73.2. The Kier molecular flexibility index (Phi) is 24.8. The van der Waals surface area contributed by atoms with E-state index in [0.717, 1.165) is 82.8 Å². The van der Waals surface area contributed by atoms with Crippen molar-refractivity contribution in [3.8, 4) is 73.6 Å². The summed E-state index contributed by atoms with van der Waals surface area (Å²) in [6, 6.07) is 54.8. The van der Waals surface area contributed by atoms with Gasteiger partial charge in [0, 0.05) is 57.3 Å². The van der Waals surface area contributed by atoms with E-state index in [1.807, 2.05) is 92.7 Å². The number of hydrogen-bond donors (Lipinski definition) is 3. The molecule has 8 aliphatic rings. The van der Waals surface area contributed by atoms with Gasteiger partial charge in [-0.25, -0.2) is 9.59 Å². The first-order valence-electron chi connectivity index (χ1n) is 35.7. The molecule has 114 heavy (non-hydrogen) atoms. The number of alkyl halides is 2. The highest BCUT2D eigenvalue weighted by molar-refractivity contribution is 7.86. The molecule has 2 aliphatic carbocycles. The Balaban J connectivity index is 0.000000195. The number of nitrogens with one attached hydrogen (secondary N) is 2. The summed E-state index contributed by atoms with van der Waals surface area (Å²) in [6.07, 6.45) is 6.40. The van der Waals surface area contributed by atoms with Crippen LogP contribution in [0.3, 0.4) is 0 Å². The molecule has 0 aromatic heterocycles. The second-order valence-corrected chi connectivity index (χ2v) is 30.5. The van der Waals surface area contributed by atoms with Gasteiger partial charge in [0.2, 0.25) is 11.8 Å². The van der Waals surface area contributed by atoms with Gasteiger partial charge in [0.1, 0.15) is 105 Å². The van der Waals surface area contributed by atoms with Crippen molar-refractivity contribution in [2.24, 2.45) is 0 Å². The molecule has 27 heteroatoms. The van der Waals surface area contributed by atoms with Gasteiger partial charge in [0.15, 0.2) is 10.9 Å². The number of allylic oxidation sites excluding steroid dienone is 2. The van der Waals surface area contributed by atoms with Crippen molar-refractivity contribution >= 4 is 102 Å². The summed E-state index contributed by atoms with van der Waals surface area (Å²) in [5.41, 5.74) is 10.3. The molecule has 2 saturated heterocycles. The van der Waals surface area contributed by atoms with Gasteiger partial charge in [-0.2, -0.15) is 0 Å². The number of hydrogen-bond acceptors (Lipinski definition) is 18. The van der Waals surface area contributed by atoms with Crippen LogP contribution in [0.2, 0.25) is 0 Å². The number of aryl methyl sites for hydroxylation is 2. The number of benzene rings is 9. The van der Waals surface area contributed by atoms with Crippen molar-refractivity contribution in [1.29, 1.82) is 0 Å². The monoisotopic (exact) mass is 1610 g/mol. The Labute approximate surface area is 668 Å². The lowest BCUT2D eigenvalue weighted by Gasteiger charge is -2.49. The lowest BCUT2D eigenvalue weighted by atomic mass is 9.91. The second kappa shape index (κ2) is 35.5. The van der Waals surface area contributed by atoms with E-state index in [2.05, 4.69) is 10.6 Å². The van der Waals surface area contributed by atoms with Crippen LogP contribution in [0.4, 0.5) is 0 Å². The van der Waals surface area contributed by atoms with Gasteiger partial charge in [-0.15, -0.1) is 23.2 Å². The Hall–Kier alpha value is -12.4. The summed E-state index contributed by atoms with van der Waals surface area (Å²) in [6.45, 7) is 3.95. The Morgan fingerprint density at radius 2 is 0.904 bits per heavy atom. The molecule has 0 radical (unpaired) electrons. The molecule has 582 valence electrons. The number of carboxylic acids is 1. The molecule has 4 amide bonds. The Morgan fingerprint density at radius 1 is 0.500 bits per heavy atom. The lowest BCUT2D eigenvalue weighted by Crippen LogP contribution is -2.73. The molecule has 23 nitrogen and oxygen atoms in total. The van der Waals surface area contributed by atoms with Crippen LogP contribution in [0.1, 0.15) is 27.8 Å². The minimum absolute atomic E-state index is 0.0207. The van der Waals surface area contributed by atoms with Crippen molar-refractivity contribution in [3.63, 3.8) is 0 Å². The predicted octanol–water partition coefficient (Wildman–Crippen LogP) is 12.7. The molecule has 15 rings (SSSR count). The van der Waals surface area contributed by atoms with Gasteiger partial charge in [-0.3, -0.25) is 47.0 Å². The van der Waals surface area contributed by atoms with E-state index in [1.54, 1.807) is 131 Å². The van der Waals surface area contributed by atoms with Gasteiger partial charge in [0.05, 0.1) is 72.6 Å². The number of nitrogens with zero attached hydrogens (tertiary/aromatic N) is 2. The van der Waals surface area contributed by atoms with Crippen molar-refractivity contribution in [3.05, 3.63) is 289 Å². The van der Waals surface area contributed by atoms with Crippen LogP contribution in [0.15, 0.2) is 259 Å². The average molecular weight is 1610 g/mol. The standard InChI is InChI=1S/C47H40N2O10S.C39H32N2O9S.CH2Cl2/c1-28-22-34(56-3)16-19-36(28)42-37-18-13-32(50)24-39(37)59-40-25-35(17-20-38(40)42)57-21-7-10-31-27-60(54)46-43(48-41(51)23-29-8-5-4-6-9-29)45(52)49(46)44(31)47(53)58-26-30-11-14-33(55-2)15-12-30;1-22-17-26(48-2)11-14-28(22)34-29-13-10-25(42)19-31(29)50-32-20-27(12-15-30(32)34)49-16-6-9-24-21-51(47)38-35(37(44)41(38)36(24)39(45)46)40-33(43)18-23-7-4-3-5-8-23;2-1-3/h4-20,22,24-25,43,46H,21,23,26-27H2,1-3H3,(H,48,51);3-15,17,19-20,35,38H,16,18,21H2,1-2H3,(H,40,43)(H,45,46);1H2/b10-7-;9-6-;. The third kappa shape index (κ3) is 17.3. The number of β-lactam (4-membered cyclic amide) rings is 2. The van der Waals surface area contributed by atoms with Crippen LogP contribution in [0, 0.1) is 13.8 Å². The highest BCUT2D eigenvalue weighted by atomic mass is 35.5. The smallest absolute Gasteiger partial charge is 0.355 e. The third-order valence-electron chi connectivity index (χ3n) is 19.3. The fourth-order valence-electron chi connectivity index (χ4n) is 14.0. The molecule has 6 aliphatic heterocycles. The first-order valence-corrected chi connectivity index (χ1v) is 39.6. The van der Waals surface area contributed by atoms with Crippen molar-refractivity contribution in [2.45, 2.75) is 56.1 Å². The first kappa shape index (κ1) is 79.7. The minimum Gasteiger partial charge on any atom is -0.497 e. The first-order chi connectivity index (χ1) is 55.1. The van der Waals surface area contributed by atoms with E-state index in [1.165, 1.54) is 35.2 Å². The zero-order valence-corrected chi connectivity index (χ0v) is 65.2. The summed E-state index contributed by atoms with van der Waals surface area (Å²) in [4.78, 5) is 105. The molecule has 6 unspecified atom stereocenters. The van der Waals surface area contributed by atoms with Gasteiger partial charge in [-0.1, -0.05) is 97.1 Å². The number of ether oxygens (including phenoxy) is 6. The second-order valence-electron chi connectivity index (χ2n) is 26.6. The summed E-state index contributed by atoms with van der Waals surface area (Å²) in [5.74, 6) is -0.433. The van der Waals surface area contributed by atoms with Gasteiger partial charge >= 0.3 is 11.9 Å². The number of halogens is 2. The average Bonchev–Trinajstić information content (AvgIpc) is 0.739. The number of carboxylic acid groups (broad SMARTS) is 1. The SMILES string of the molecule is COc1ccc(-c2c3ccc(=O)cc-3oc3cc(OC/C=C\C4=C(C(=O)O)N5C(=O)C(NC(=O)Cc6ccccc6)C5S(=O)C4)ccc23)c(C)c1.COc1ccc(COC(=O)C2=C(/C=C\COc3ccc4c(-c5ccc(OC)cc5C)c5ccc(=O)cc-5oc4c3)CS(=O)C3C(NC(=O)Cc4ccccc4)C(=O)N23)cc1.ClCCl. The maximum atomic E-state index is 13.8. The van der Waals surface area contributed by atoms with Crippen LogP contribution in [-0.4, -0.2) is 133 Å². The minimum atomic E-state index is -1.67. The van der Waals surface area contributed by atoms with Gasteiger partial charge < -0.3 is 53.0 Å². The normalized spacial score (nSPS) is 17.6. The van der Waals surface area contributed by atoms with Crippen LogP contribution >= 0.6 is 23.2 Å². The summed E-state index contributed by atoms with van der Waals surface area (Å²) >= 11 is 9.53. The van der Waals surface area contributed by atoms with E-state index >= 15 is 0 Å². The Morgan fingerprint density at radius 3 is 1.32 bits per heavy atom. The molecule has 0 spiro atoms. The van der Waals surface area contributed by atoms with E-state index in [-0.39, 0.29) is 77.3 Å². The molecule has 0 saturated carbocycles.